The van der Waals surface area contributed by atoms with Crippen LogP contribution in [0.15, 0.2) is 22.4 Å². The third-order valence-electron chi connectivity index (χ3n) is 1.19. The molecule has 62 valence electrons. The predicted molar refractivity (Wildman–Crippen MR) is 51.3 cm³/mol. The highest BCUT2D eigenvalue weighted by molar-refractivity contribution is 5.82. The van der Waals surface area contributed by atoms with Crippen molar-refractivity contribution < 1.29 is 0 Å². The first kappa shape index (κ1) is 10.1. The van der Waals surface area contributed by atoms with Gasteiger partial charge in [0.05, 0.1) is 0 Å². The molecular formula is C9H16N2. The van der Waals surface area contributed by atoms with Crippen molar-refractivity contribution in [2.45, 2.75) is 33.6 Å². The van der Waals surface area contributed by atoms with E-state index >= 15 is 0 Å². The average molecular weight is 152 g/mol. The molecule has 0 aromatic heterocycles. The molecule has 0 fully saturated rings. The minimum atomic E-state index is 1.03. The Balaban J connectivity index is 3.71. The third-order valence-corrected chi connectivity index (χ3v) is 1.19. The third kappa shape index (κ3) is 6.97. The molecule has 0 heterocycles. The first-order valence-corrected chi connectivity index (χ1v) is 3.99. The lowest BCUT2D eigenvalue weighted by Gasteiger charge is -1.90. The standard InChI is InChI=1S/C9H16N2/c1-4-6-8-10-11-9(3)7-5-2/h4,6,8H,5,7H2,1-3H3/b6-4+,10-8-,11-9-. The smallest absolute Gasteiger partial charge is 0.0492 e. The number of rotatable bonds is 4. The summed E-state index contributed by atoms with van der Waals surface area (Å²) < 4.78 is 0. The van der Waals surface area contributed by atoms with Crippen molar-refractivity contribution in [1.29, 1.82) is 0 Å². The lowest BCUT2D eigenvalue weighted by atomic mass is 10.2. The van der Waals surface area contributed by atoms with E-state index in [9.17, 15) is 0 Å². The zero-order valence-corrected chi connectivity index (χ0v) is 7.54. The van der Waals surface area contributed by atoms with Crippen molar-refractivity contribution in [1.82, 2.24) is 0 Å². The van der Waals surface area contributed by atoms with Crippen LogP contribution >= 0.6 is 0 Å². The molecule has 0 aliphatic heterocycles. The molecule has 0 aliphatic rings. The van der Waals surface area contributed by atoms with Gasteiger partial charge in [0.15, 0.2) is 0 Å². The van der Waals surface area contributed by atoms with Crippen LogP contribution in [0.2, 0.25) is 0 Å². The van der Waals surface area contributed by atoms with Gasteiger partial charge in [0.25, 0.3) is 0 Å². The number of hydrogen-bond donors (Lipinski definition) is 0. The van der Waals surface area contributed by atoms with Gasteiger partial charge in [-0.3, -0.25) is 0 Å². The summed E-state index contributed by atoms with van der Waals surface area (Å²) in [6.45, 7) is 6.08. The molecular weight excluding hydrogens is 136 g/mol. The average Bonchev–Trinajstić information content (AvgIpc) is 1.99. The van der Waals surface area contributed by atoms with E-state index < -0.39 is 0 Å². The topological polar surface area (TPSA) is 24.7 Å². The molecule has 0 spiro atoms. The maximum absolute atomic E-state index is 3.99. The monoisotopic (exact) mass is 152 g/mol. The van der Waals surface area contributed by atoms with Crippen LogP contribution in [0.3, 0.4) is 0 Å². The fourth-order valence-electron chi connectivity index (χ4n) is 0.668. The minimum Gasteiger partial charge on any atom is -0.160 e. The Morgan fingerprint density at radius 2 is 2.18 bits per heavy atom. The van der Waals surface area contributed by atoms with Crippen LogP contribution in [0.1, 0.15) is 33.6 Å². The van der Waals surface area contributed by atoms with Gasteiger partial charge in [0.2, 0.25) is 0 Å². The molecule has 0 saturated heterocycles. The molecule has 0 aromatic rings. The summed E-state index contributed by atoms with van der Waals surface area (Å²) in [5.41, 5.74) is 1.09. The van der Waals surface area contributed by atoms with E-state index in [0.29, 0.717) is 0 Å². The first-order valence-electron chi connectivity index (χ1n) is 3.99. The molecule has 0 bridgehead atoms. The summed E-state index contributed by atoms with van der Waals surface area (Å²) >= 11 is 0. The summed E-state index contributed by atoms with van der Waals surface area (Å²) in [6, 6.07) is 0. The molecule has 0 saturated carbocycles. The van der Waals surface area contributed by atoms with Crippen LogP contribution < -0.4 is 0 Å². The molecule has 2 heteroatoms. The van der Waals surface area contributed by atoms with Crippen LogP contribution in [0.5, 0.6) is 0 Å². The van der Waals surface area contributed by atoms with Gasteiger partial charge in [-0.25, -0.2) is 0 Å². The van der Waals surface area contributed by atoms with Gasteiger partial charge < -0.3 is 0 Å². The molecule has 0 aliphatic carbocycles. The van der Waals surface area contributed by atoms with E-state index in [0.717, 1.165) is 18.6 Å². The second-order valence-electron chi connectivity index (χ2n) is 2.38. The second kappa shape index (κ2) is 7.19. The van der Waals surface area contributed by atoms with Crippen molar-refractivity contribution >= 4 is 11.9 Å². The Morgan fingerprint density at radius 1 is 1.45 bits per heavy atom. The highest BCUT2D eigenvalue weighted by Gasteiger charge is 1.84. The summed E-state index contributed by atoms with van der Waals surface area (Å²) in [5.74, 6) is 0. The first-order chi connectivity index (χ1) is 5.31. The highest BCUT2D eigenvalue weighted by Crippen LogP contribution is 1.90. The van der Waals surface area contributed by atoms with E-state index in [1.165, 1.54) is 0 Å². The van der Waals surface area contributed by atoms with Gasteiger partial charge in [-0.05, 0) is 26.3 Å². The van der Waals surface area contributed by atoms with E-state index in [1.807, 2.05) is 26.0 Å². The minimum absolute atomic E-state index is 1.03. The van der Waals surface area contributed by atoms with Crippen molar-refractivity contribution in [3.05, 3.63) is 12.2 Å². The Kier molecular flexibility index (Phi) is 6.59. The zero-order valence-electron chi connectivity index (χ0n) is 7.54. The molecule has 0 rings (SSSR count). The number of nitrogens with zero attached hydrogens (tertiary/aromatic N) is 2. The van der Waals surface area contributed by atoms with Crippen molar-refractivity contribution in [2.24, 2.45) is 10.2 Å². The quantitative estimate of drug-likeness (QED) is 0.437. The van der Waals surface area contributed by atoms with Crippen LogP contribution in [0, 0.1) is 0 Å². The van der Waals surface area contributed by atoms with Gasteiger partial charge in [-0.2, -0.15) is 10.2 Å². The lowest BCUT2D eigenvalue weighted by molar-refractivity contribution is 0.978. The van der Waals surface area contributed by atoms with E-state index in [1.54, 1.807) is 6.21 Å². The highest BCUT2D eigenvalue weighted by atomic mass is 15.2. The summed E-state index contributed by atoms with van der Waals surface area (Å²) in [6.07, 6.45) is 7.65. The SMILES string of the molecule is C/C=C/C=N\N=C(\C)CCC. The molecule has 0 radical (unpaired) electrons. The Morgan fingerprint density at radius 3 is 2.73 bits per heavy atom. The maximum atomic E-state index is 3.99. The zero-order chi connectivity index (χ0) is 8.53. The largest absolute Gasteiger partial charge is 0.160 e. The molecule has 11 heavy (non-hydrogen) atoms. The maximum Gasteiger partial charge on any atom is 0.0492 e. The predicted octanol–water partition coefficient (Wildman–Crippen LogP) is 2.81. The van der Waals surface area contributed by atoms with Crippen molar-refractivity contribution in [2.75, 3.05) is 0 Å². The van der Waals surface area contributed by atoms with Gasteiger partial charge in [0, 0.05) is 11.9 Å². The van der Waals surface area contributed by atoms with Gasteiger partial charge in [-0.1, -0.05) is 19.4 Å². The van der Waals surface area contributed by atoms with Gasteiger partial charge in [0.1, 0.15) is 0 Å². The number of allylic oxidation sites excluding steroid dienone is 2. The molecule has 0 unspecified atom stereocenters. The van der Waals surface area contributed by atoms with E-state index in [4.69, 9.17) is 0 Å². The molecule has 0 atom stereocenters. The molecule has 0 aromatic carbocycles. The van der Waals surface area contributed by atoms with Crippen LogP contribution in [-0.2, 0) is 0 Å². The molecule has 2 nitrogen and oxygen atoms in total. The van der Waals surface area contributed by atoms with Crippen molar-refractivity contribution in [3.8, 4) is 0 Å². The van der Waals surface area contributed by atoms with E-state index in [-0.39, 0.29) is 0 Å². The second-order valence-corrected chi connectivity index (χ2v) is 2.38. The fourth-order valence-corrected chi connectivity index (χ4v) is 0.668. The van der Waals surface area contributed by atoms with Gasteiger partial charge in [-0.15, -0.1) is 0 Å². The summed E-state index contributed by atoms with van der Waals surface area (Å²) in [4.78, 5) is 0. The molecule has 0 amide bonds. The number of hydrogen-bond acceptors (Lipinski definition) is 2. The normalized spacial score (nSPS) is 13.5. The van der Waals surface area contributed by atoms with Gasteiger partial charge >= 0.3 is 0 Å². The van der Waals surface area contributed by atoms with Crippen LogP contribution in [0.4, 0.5) is 0 Å². The van der Waals surface area contributed by atoms with Crippen molar-refractivity contribution in [3.63, 3.8) is 0 Å². The van der Waals surface area contributed by atoms with Crippen LogP contribution in [-0.4, -0.2) is 11.9 Å². The molecule has 0 N–H and O–H groups in total. The van der Waals surface area contributed by atoms with Crippen LogP contribution in [0.25, 0.3) is 0 Å². The lowest BCUT2D eigenvalue weighted by Crippen LogP contribution is -1.87. The summed E-state index contributed by atoms with van der Waals surface area (Å²) in [7, 11) is 0. The Hall–Kier alpha value is -0.920. The summed E-state index contributed by atoms with van der Waals surface area (Å²) in [5, 5.41) is 7.84. The van der Waals surface area contributed by atoms with E-state index in [2.05, 4.69) is 17.1 Å². The Bertz CT molecular complexity index is 166. The fraction of sp³-hybridized carbons (Fsp3) is 0.556. The Labute approximate surface area is 68.7 Å².